The van der Waals surface area contributed by atoms with Crippen LogP contribution in [0.15, 0.2) is 24.8 Å². The van der Waals surface area contributed by atoms with Gasteiger partial charge in [0.1, 0.15) is 23.4 Å². The van der Waals surface area contributed by atoms with E-state index in [1.54, 1.807) is 6.92 Å². The van der Waals surface area contributed by atoms with Crippen LogP contribution in [0, 0.1) is 18.6 Å². The Kier molecular flexibility index (Phi) is 7.25. The molecule has 0 radical (unpaired) electrons. The van der Waals surface area contributed by atoms with Crippen LogP contribution in [0.25, 0.3) is 22.4 Å². The second-order valence-electron chi connectivity index (χ2n) is 8.50. The molecule has 13 heteroatoms. The van der Waals surface area contributed by atoms with Crippen LogP contribution in [0.2, 0.25) is 0 Å². The van der Waals surface area contributed by atoms with Crippen molar-refractivity contribution < 1.29 is 31.5 Å². The highest BCUT2D eigenvalue weighted by Gasteiger charge is 2.40. The van der Waals surface area contributed by atoms with Gasteiger partial charge in [-0.1, -0.05) is 0 Å². The molecule has 8 nitrogen and oxygen atoms in total. The second kappa shape index (κ2) is 10.2. The average Bonchev–Trinajstić information content (AvgIpc) is 2.87. The molecule has 1 atom stereocenters. The Labute approximate surface area is 208 Å². The summed E-state index contributed by atoms with van der Waals surface area (Å²) in [5, 5.41) is 5.74. The number of aromatic nitrogens is 3. The number of hydrogen-bond donors (Lipinski definition) is 3. The molecule has 0 fully saturated rings. The van der Waals surface area contributed by atoms with Crippen molar-refractivity contribution in [2.24, 2.45) is 0 Å². The zero-order chi connectivity index (χ0) is 26.9. The van der Waals surface area contributed by atoms with E-state index < -0.39 is 69.3 Å². The second-order valence-corrected chi connectivity index (χ2v) is 8.50. The molecular formula is C24H23F5N6O2. The Balaban J connectivity index is 2.11. The molecule has 3 heterocycles. The first-order valence-corrected chi connectivity index (χ1v) is 11.3. The average molecular weight is 522 g/mol. The van der Waals surface area contributed by atoms with Crippen LogP contribution in [0.4, 0.5) is 27.6 Å². The Bertz CT molecular complexity index is 1330. The van der Waals surface area contributed by atoms with Gasteiger partial charge in [-0.25, -0.2) is 23.7 Å². The lowest BCUT2D eigenvalue weighted by atomic mass is 9.93. The number of halogens is 5. The van der Waals surface area contributed by atoms with Crippen LogP contribution in [0.1, 0.15) is 34.8 Å². The Morgan fingerprint density at radius 2 is 1.78 bits per heavy atom. The lowest BCUT2D eigenvalue weighted by Gasteiger charge is -2.22. The number of carbonyl (C=O) groups is 1. The first kappa shape index (κ1) is 26.2. The highest BCUT2D eigenvalue weighted by atomic mass is 19.4. The number of rotatable bonds is 2. The van der Waals surface area contributed by atoms with Gasteiger partial charge in [-0.05, 0) is 38.4 Å². The Hall–Kier alpha value is -3.87. The predicted molar refractivity (Wildman–Crippen MR) is 125 cm³/mol. The molecule has 0 unspecified atom stereocenters. The fraction of sp³-hybridized carbons (Fsp3) is 0.333. The Morgan fingerprint density at radius 1 is 1.08 bits per heavy atom. The van der Waals surface area contributed by atoms with Gasteiger partial charge in [0, 0.05) is 42.2 Å². The molecule has 4 N–H and O–H groups in total. The van der Waals surface area contributed by atoms with Crippen LogP contribution in [-0.2, 0) is 6.18 Å². The van der Waals surface area contributed by atoms with E-state index in [1.165, 1.54) is 18.7 Å². The molecule has 196 valence electrons. The molecule has 0 spiro atoms. The number of anilines is 1. The monoisotopic (exact) mass is 522 g/mol. The third kappa shape index (κ3) is 5.17. The first-order valence-electron chi connectivity index (χ1n) is 11.3. The predicted octanol–water partition coefficient (Wildman–Crippen LogP) is 3.88. The summed E-state index contributed by atoms with van der Waals surface area (Å²) < 4.78 is 78.9. The summed E-state index contributed by atoms with van der Waals surface area (Å²) >= 11 is 0. The van der Waals surface area contributed by atoms with E-state index in [0.717, 1.165) is 6.92 Å². The highest BCUT2D eigenvalue weighted by molar-refractivity contribution is 6.04. The topological polar surface area (TPSA) is 115 Å². The lowest BCUT2D eigenvalue weighted by molar-refractivity contribution is -0.137. The van der Waals surface area contributed by atoms with Crippen LogP contribution < -0.4 is 21.1 Å². The van der Waals surface area contributed by atoms with Gasteiger partial charge in [0.05, 0.1) is 17.4 Å². The van der Waals surface area contributed by atoms with Crippen molar-refractivity contribution in [2.75, 3.05) is 25.4 Å². The molecule has 4 rings (SSSR count). The molecule has 3 aromatic rings. The minimum atomic E-state index is -5.08. The number of hydrogen-bond acceptors (Lipinski definition) is 7. The van der Waals surface area contributed by atoms with Gasteiger partial charge in [0.15, 0.2) is 5.82 Å². The van der Waals surface area contributed by atoms with Crippen LogP contribution in [0.5, 0.6) is 5.88 Å². The number of nitrogens with zero attached hydrogens (tertiary/aromatic N) is 3. The van der Waals surface area contributed by atoms with Gasteiger partial charge in [-0.2, -0.15) is 13.2 Å². The number of nitrogen functional groups attached to an aromatic ring is 1. The van der Waals surface area contributed by atoms with Gasteiger partial charge >= 0.3 is 6.18 Å². The molecular weight excluding hydrogens is 499 g/mol. The van der Waals surface area contributed by atoms with Crippen LogP contribution in [-0.4, -0.2) is 46.6 Å². The highest BCUT2D eigenvalue weighted by Crippen LogP contribution is 2.45. The minimum absolute atomic E-state index is 0.000311. The lowest BCUT2D eigenvalue weighted by Crippen LogP contribution is -2.32. The van der Waals surface area contributed by atoms with Gasteiger partial charge in [0.2, 0.25) is 5.88 Å². The van der Waals surface area contributed by atoms with E-state index >= 15 is 4.39 Å². The maximum Gasteiger partial charge on any atom is 0.417 e. The summed E-state index contributed by atoms with van der Waals surface area (Å²) in [5.41, 5.74) is 0.404. The number of ether oxygens (including phenoxy) is 1. The first-order chi connectivity index (χ1) is 17.5. The van der Waals surface area contributed by atoms with E-state index in [9.17, 15) is 22.4 Å². The van der Waals surface area contributed by atoms with Gasteiger partial charge in [-0.15, -0.1) is 0 Å². The molecule has 1 aliphatic rings. The molecule has 0 aliphatic carbocycles. The summed E-state index contributed by atoms with van der Waals surface area (Å²) in [5.74, 6) is -3.70. The van der Waals surface area contributed by atoms with Crippen molar-refractivity contribution in [3.8, 4) is 28.3 Å². The van der Waals surface area contributed by atoms with Crippen molar-refractivity contribution >= 4 is 11.6 Å². The molecule has 1 aliphatic heterocycles. The molecule has 1 aromatic carbocycles. The third-order valence-corrected chi connectivity index (χ3v) is 5.87. The fourth-order valence-electron chi connectivity index (χ4n) is 4.12. The van der Waals surface area contributed by atoms with Gasteiger partial charge < -0.3 is 21.1 Å². The number of benzene rings is 1. The zero-order valence-corrected chi connectivity index (χ0v) is 19.8. The third-order valence-electron chi connectivity index (χ3n) is 5.87. The van der Waals surface area contributed by atoms with E-state index in [4.69, 9.17) is 10.5 Å². The molecule has 37 heavy (non-hydrogen) atoms. The summed E-state index contributed by atoms with van der Waals surface area (Å²) in [6.45, 7) is 3.71. The van der Waals surface area contributed by atoms with Crippen molar-refractivity contribution in [2.45, 2.75) is 32.5 Å². The van der Waals surface area contributed by atoms with Crippen LogP contribution >= 0.6 is 0 Å². The number of carbonyl (C=O) groups excluding carboxylic acids is 1. The summed E-state index contributed by atoms with van der Waals surface area (Å²) in [7, 11) is 0. The quantitative estimate of drug-likeness (QED) is 0.346. The van der Waals surface area contributed by atoms with Crippen molar-refractivity contribution in [3.05, 3.63) is 53.1 Å². The molecule has 0 saturated heterocycles. The summed E-state index contributed by atoms with van der Waals surface area (Å²) in [4.78, 5) is 25.0. The zero-order valence-electron chi connectivity index (χ0n) is 19.8. The van der Waals surface area contributed by atoms with E-state index in [0.29, 0.717) is 25.6 Å². The largest absolute Gasteiger partial charge is 0.474 e. The van der Waals surface area contributed by atoms with Gasteiger partial charge in [-0.3, -0.25) is 4.79 Å². The number of nitrogens with one attached hydrogen (secondary N) is 2. The number of amides is 1. The molecule has 0 saturated carbocycles. The van der Waals surface area contributed by atoms with Crippen molar-refractivity contribution in [1.29, 1.82) is 0 Å². The maximum absolute atomic E-state index is 16.3. The normalized spacial score (nSPS) is 16.8. The fourth-order valence-corrected chi connectivity index (χ4v) is 4.12. The standard InChI is InChI=1S/C24H23F5N6O2/c1-11-3-4-31-5-6-34-22(36)17-16(13-8-32-10-33-9-13)20(26)21(35-23(17)37-11)14-7-15(30)19(25)12(2)18(14)24(27,28)29/h7-11,31H,3-6,30H2,1-2H3,(H,34,36)/t11-/m0/s1. The number of fused-ring (bicyclic) bond motifs is 1. The summed E-state index contributed by atoms with van der Waals surface area (Å²) in [6, 6.07) is 0.673. The molecule has 0 bridgehead atoms. The van der Waals surface area contributed by atoms with Crippen molar-refractivity contribution in [3.63, 3.8) is 0 Å². The van der Waals surface area contributed by atoms with E-state index in [2.05, 4.69) is 25.6 Å². The number of nitrogens with two attached hydrogens (primary N) is 1. The number of pyridine rings is 1. The van der Waals surface area contributed by atoms with E-state index in [-0.39, 0.29) is 17.7 Å². The molecule has 2 aromatic heterocycles. The molecule has 1 amide bonds. The smallest absolute Gasteiger partial charge is 0.417 e. The number of alkyl halides is 3. The maximum atomic E-state index is 16.3. The van der Waals surface area contributed by atoms with Crippen LogP contribution in [0.3, 0.4) is 0 Å². The minimum Gasteiger partial charge on any atom is -0.474 e. The summed E-state index contributed by atoms with van der Waals surface area (Å²) in [6.07, 6.45) is -1.59. The van der Waals surface area contributed by atoms with E-state index in [1.807, 2.05) is 0 Å². The Morgan fingerprint density at radius 3 is 2.46 bits per heavy atom. The SMILES string of the molecule is Cc1c(F)c(N)cc(-c2nc3c(c(-c4cncnc4)c2F)C(=O)NCCNCC[C@H](C)O3)c1C(F)(F)F. The van der Waals surface area contributed by atoms with Gasteiger partial charge in [0.25, 0.3) is 5.91 Å². The van der Waals surface area contributed by atoms with Crippen molar-refractivity contribution in [1.82, 2.24) is 25.6 Å².